The normalized spacial score (nSPS) is 13.5. The van der Waals surface area contributed by atoms with E-state index in [-0.39, 0.29) is 5.91 Å². The SMILES string of the molecule is COc1ccccc1CN1C(=O)Cc2cc(I)ccc21. The summed E-state index contributed by atoms with van der Waals surface area (Å²) >= 11 is 2.27. The van der Waals surface area contributed by atoms with Crippen molar-refractivity contribution in [3.63, 3.8) is 0 Å². The summed E-state index contributed by atoms with van der Waals surface area (Å²) in [5.74, 6) is 0.965. The van der Waals surface area contributed by atoms with E-state index in [1.54, 1.807) is 7.11 Å². The molecule has 0 saturated carbocycles. The lowest BCUT2D eigenvalue weighted by atomic mass is 10.1. The van der Waals surface area contributed by atoms with Gasteiger partial charge in [0.25, 0.3) is 0 Å². The Kier molecular flexibility index (Phi) is 3.65. The Hall–Kier alpha value is -1.56. The van der Waals surface area contributed by atoms with Crippen LogP contribution in [0.25, 0.3) is 0 Å². The Bertz CT molecular complexity index is 669. The third kappa shape index (κ3) is 2.40. The molecular weight excluding hydrogens is 365 g/mol. The Labute approximate surface area is 131 Å². The Morgan fingerprint density at radius 1 is 1.25 bits per heavy atom. The number of amides is 1. The van der Waals surface area contributed by atoms with Crippen LogP contribution in [-0.2, 0) is 17.8 Å². The summed E-state index contributed by atoms with van der Waals surface area (Å²) in [5.41, 5.74) is 3.15. The molecule has 0 radical (unpaired) electrons. The van der Waals surface area contributed by atoms with E-state index in [9.17, 15) is 4.79 Å². The van der Waals surface area contributed by atoms with Crippen LogP contribution in [0.5, 0.6) is 5.75 Å². The lowest BCUT2D eigenvalue weighted by Crippen LogP contribution is -2.26. The zero-order valence-corrected chi connectivity index (χ0v) is 13.3. The molecule has 0 aliphatic carbocycles. The number of anilines is 1. The number of carbonyl (C=O) groups excluding carboxylic acids is 1. The van der Waals surface area contributed by atoms with Crippen molar-refractivity contribution in [3.05, 3.63) is 57.2 Å². The Morgan fingerprint density at radius 2 is 2.05 bits per heavy atom. The van der Waals surface area contributed by atoms with Crippen molar-refractivity contribution in [3.8, 4) is 5.75 Å². The molecule has 3 nitrogen and oxygen atoms in total. The van der Waals surface area contributed by atoms with Gasteiger partial charge >= 0.3 is 0 Å². The Balaban J connectivity index is 1.94. The molecule has 0 bridgehead atoms. The maximum Gasteiger partial charge on any atom is 0.231 e. The molecule has 1 amide bonds. The highest BCUT2D eigenvalue weighted by atomic mass is 127. The van der Waals surface area contributed by atoms with E-state index >= 15 is 0 Å². The predicted molar refractivity (Wildman–Crippen MR) is 87.0 cm³/mol. The first-order valence-electron chi connectivity index (χ1n) is 6.39. The highest BCUT2D eigenvalue weighted by Gasteiger charge is 2.27. The molecule has 3 rings (SSSR count). The number of hydrogen-bond acceptors (Lipinski definition) is 2. The lowest BCUT2D eigenvalue weighted by Gasteiger charge is -2.19. The van der Waals surface area contributed by atoms with Crippen LogP contribution in [0.3, 0.4) is 0 Å². The number of fused-ring (bicyclic) bond motifs is 1. The molecule has 0 saturated heterocycles. The fourth-order valence-corrected chi connectivity index (χ4v) is 3.08. The fourth-order valence-electron chi connectivity index (χ4n) is 2.53. The number of ether oxygens (including phenoxy) is 1. The molecular formula is C16H14INO2. The first-order chi connectivity index (χ1) is 9.69. The van der Waals surface area contributed by atoms with Crippen molar-refractivity contribution in [2.75, 3.05) is 12.0 Å². The van der Waals surface area contributed by atoms with Crippen molar-refractivity contribution in [2.24, 2.45) is 0 Å². The molecule has 102 valence electrons. The van der Waals surface area contributed by atoms with Gasteiger partial charge in [0, 0.05) is 14.8 Å². The largest absolute Gasteiger partial charge is 0.496 e. The molecule has 2 aromatic carbocycles. The molecule has 0 fully saturated rings. The third-order valence-electron chi connectivity index (χ3n) is 3.50. The van der Waals surface area contributed by atoms with Crippen LogP contribution in [0.15, 0.2) is 42.5 Å². The van der Waals surface area contributed by atoms with Gasteiger partial charge in [0.05, 0.1) is 20.1 Å². The second-order valence-electron chi connectivity index (χ2n) is 4.74. The third-order valence-corrected chi connectivity index (χ3v) is 4.17. The number of methoxy groups -OCH3 is 1. The van der Waals surface area contributed by atoms with Crippen LogP contribution in [0, 0.1) is 3.57 Å². The quantitative estimate of drug-likeness (QED) is 0.766. The number of nitrogens with zero attached hydrogens (tertiary/aromatic N) is 1. The summed E-state index contributed by atoms with van der Waals surface area (Å²) in [6.07, 6.45) is 0.487. The summed E-state index contributed by atoms with van der Waals surface area (Å²) < 4.78 is 6.52. The Morgan fingerprint density at radius 3 is 2.85 bits per heavy atom. The van der Waals surface area contributed by atoms with E-state index in [4.69, 9.17) is 4.74 Å². The first kappa shape index (κ1) is 13.4. The summed E-state index contributed by atoms with van der Waals surface area (Å²) in [6.45, 7) is 0.552. The zero-order chi connectivity index (χ0) is 14.1. The van der Waals surface area contributed by atoms with E-state index in [0.29, 0.717) is 13.0 Å². The first-order valence-corrected chi connectivity index (χ1v) is 7.47. The predicted octanol–water partition coefficient (Wildman–Crippen LogP) is 3.39. The number of carbonyl (C=O) groups is 1. The highest BCUT2D eigenvalue weighted by Crippen LogP contribution is 2.32. The van der Waals surface area contributed by atoms with Crippen molar-refractivity contribution in [1.29, 1.82) is 0 Å². The minimum atomic E-state index is 0.146. The van der Waals surface area contributed by atoms with Crippen molar-refractivity contribution in [1.82, 2.24) is 0 Å². The zero-order valence-electron chi connectivity index (χ0n) is 11.1. The highest BCUT2D eigenvalue weighted by molar-refractivity contribution is 14.1. The number of rotatable bonds is 3. The van der Waals surface area contributed by atoms with Gasteiger partial charge in [0.1, 0.15) is 5.75 Å². The molecule has 1 aliphatic heterocycles. The van der Waals surface area contributed by atoms with Crippen LogP contribution < -0.4 is 9.64 Å². The summed E-state index contributed by atoms with van der Waals surface area (Å²) in [4.78, 5) is 14.1. The maximum atomic E-state index is 12.2. The topological polar surface area (TPSA) is 29.5 Å². The molecule has 0 aromatic heterocycles. The van der Waals surface area contributed by atoms with E-state index in [1.165, 1.54) is 0 Å². The van der Waals surface area contributed by atoms with E-state index in [2.05, 4.69) is 28.7 Å². The van der Waals surface area contributed by atoms with Gasteiger partial charge in [-0.2, -0.15) is 0 Å². The number of hydrogen-bond donors (Lipinski definition) is 0. The van der Waals surface area contributed by atoms with E-state index < -0.39 is 0 Å². The molecule has 1 heterocycles. The van der Waals surface area contributed by atoms with Crippen molar-refractivity contribution < 1.29 is 9.53 Å². The van der Waals surface area contributed by atoms with Crippen LogP contribution in [0.4, 0.5) is 5.69 Å². The second kappa shape index (κ2) is 5.44. The molecule has 0 spiro atoms. The smallest absolute Gasteiger partial charge is 0.231 e. The second-order valence-corrected chi connectivity index (χ2v) is 5.99. The van der Waals surface area contributed by atoms with Gasteiger partial charge in [-0.15, -0.1) is 0 Å². The monoisotopic (exact) mass is 379 g/mol. The van der Waals surface area contributed by atoms with Gasteiger partial charge in [0.15, 0.2) is 0 Å². The fraction of sp³-hybridized carbons (Fsp3) is 0.188. The van der Waals surface area contributed by atoms with E-state index in [0.717, 1.165) is 26.1 Å². The van der Waals surface area contributed by atoms with Gasteiger partial charge in [-0.3, -0.25) is 4.79 Å². The molecule has 4 heteroatoms. The summed E-state index contributed by atoms with van der Waals surface area (Å²) in [7, 11) is 1.65. The van der Waals surface area contributed by atoms with E-state index in [1.807, 2.05) is 41.3 Å². The average Bonchev–Trinajstić information content (AvgIpc) is 2.75. The molecule has 1 aliphatic rings. The molecule has 0 atom stereocenters. The maximum absolute atomic E-state index is 12.2. The van der Waals surface area contributed by atoms with Crippen LogP contribution >= 0.6 is 22.6 Å². The number of halogens is 1. The summed E-state index contributed by atoms with van der Waals surface area (Å²) in [5, 5.41) is 0. The molecule has 2 aromatic rings. The molecule has 0 unspecified atom stereocenters. The minimum Gasteiger partial charge on any atom is -0.496 e. The number of para-hydroxylation sites is 1. The van der Waals surface area contributed by atoms with Gasteiger partial charge in [-0.1, -0.05) is 18.2 Å². The van der Waals surface area contributed by atoms with Gasteiger partial charge in [-0.05, 0) is 52.4 Å². The van der Waals surface area contributed by atoms with Crippen molar-refractivity contribution in [2.45, 2.75) is 13.0 Å². The van der Waals surface area contributed by atoms with Gasteiger partial charge in [0.2, 0.25) is 5.91 Å². The van der Waals surface area contributed by atoms with Gasteiger partial charge in [-0.25, -0.2) is 0 Å². The van der Waals surface area contributed by atoms with Crippen LogP contribution in [-0.4, -0.2) is 13.0 Å². The minimum absolute atomic E-state index is 0.146. The lowest BCUT2D eigenvalue weighted by molar-refractivity contribution is -0.117. The van der Waals surface area contributed by atoms with Gasteiger partial charge < -0.3 is 9.64 Å². The molecule has 0 N–H and O–H groups in total. The number of benzene rings is 2. The van der Waals surface area contributed by atoms with Crippen LogP contribution in [0.2, 0.25) is 0 Å². The van der Waals surface area contributed by atoms with Crippen molar-refractivity contribution >= 4 is 34.2 Å². The molecule has 20 heavy (non-hydrogen) atoms. The van der Waals surface area contributed by atoms with Crippen LogP contribution in [0.1, 0.15) is 11.1 Å². The average molecular weight is 379 g/mol. The summed E-state index contributed by atoms with van der Waals surface area (Å²) in [6, 6.07) is 14.0. The standard InChI is InChI=1S/C16H14INO2/c1-20-15-5-3-2-4-11(15)10-18-14-7-6-13(17)8-12(14)9-16(18)19/h2-8H,9-10H2,1H3.